The van der Waals surface area contributed by atoms with Crippen LogP contribution in [-0.4, -0.2) is 38.0 Å². The highest BCUT2D eigenvalue weighted by Gasteiger charge is 2.54. The van der Waals surface area contributed by atoms with Gasteiger partial charge in [-0.15, -0.1) is 0 Å². The summed E-state index contributed by atoms with van der Waals surface area (Å²) >= 11 is 3.42. The first-order chi connectivity index (χ1) is 11.9. The van der Waals surface area contributed by atoms with Crippen molar-refractivity contribution < 1.29 is 13.2 Å². The average Bonchev–Trinajstić information content (AvgIpc) is 2.97. The number of amides is 2. The molecule has 2 saturated heterocycles. The third kappa shape index (κ3) is 2.85. The molecule has 25 heavy (non-hydrogen) atoms. The smallest absolute Gasteiger partial charge is 0.288 e. The van der Waals surface area contributed by atoms with Gasteiger partial charge in [-0.2, -0.15) is 0 Å². The van der Waals surface area contributed by atoms with Crippen molar-refractivity contribution >= 4 is 43.2 Å². The molecule has 2 fully saturated rings. The summed E-state index contributed by atoms with van der Waals surface area (Å²) < 4.78 is 25.4. The molecule has 2 aliphatic heterocycles. The number of benzene rings is 2. The normalized spacial score (nSPS) is 24.6. The maximum Gasteiger partial charge on any atom is 0.329 e. The Bertz CT molecular complexity index is 943. The van der Waals surface area contributed by atoms with Gasteiger partial charge in [0.05, 0.1) is 23.6 Å². The SMILES string of the molecule is Cc1ccc(N2C(=O)N(c3cccc(Br)c3)[C@H]3CS(=O)(=O)C[C@H]32)cc1. The van der Waals surface area contributed by atoms with Gasteiger partial charge in [0.25, 0.3) is 0 Å². The van der Waals surface area contributed by atoms with Crippen molar-refractivity contribution in [2.75, 3.05) is 21.3 Å². The Morgan fingerprint density at radius 2 is 1.56 bits per heavy atom. The van der Waals surface area contributed by atoms with Gasteiger partial charge in [0.2, 0.25) is 0 Å². The zero-order valence-electron chi connectivity index (χ0n) is 13.6. The highest BCUT2D eigenvalue weighted by molar-refractivity contribution is 9.10. The summed E-state index contributed by atoms with van der Waals surface area (Å²) in [6.07, 6.45) is 0. The molecule has 2 amide bonds. The summed E-state index contributed by atoms with van der Waals surface area (Å²) in [6.45, 7) is 1.98. The Morgan fingerprint density at radius 1 is 0.960 bits per heavy atom. The van der Waals surface area contributed by atoms with E-state index in [9.17, 15) is 13.2 Å². The van der Waals surface area contributed by atoms with E-state index in [1.807, 2.05) is 55.5 Å². The number of nitrogens with zero attached hydrogens (tertiary/aromatic N) is 2. The highest BCUT2D eigenvalue weighted by Crippen LogP contribution is 2.38. The molecular weight excluding hydrogens is 404 g/mol. The van der Waals surface area contributed by atoms with Gasteiger partial charge in [-0.05, 0) is 37.3 Å². The second-order valence-corrected chi connectivity index (χ2v) is 9.62. The van der Waals surface area contributed by atoms with Crippen molar-refractivity contribution in [3.8, 4) is 0 Å². The molecule has 2 aliphatic rings. The molecule has 130 valence electrons. The monoisotopic (exact) mass is 420 g/mol. The molecule has 0 N–H and O–H groups in total. The number of carbonyl (C=O) groups is 1. The highest BCUT2D eigenvalue weighted by atomic mass is 79.9. The van der Waals surface area contributed by atoms with Crippen LogP contribution >= 0.6 is 15.9 Å². The van der Waals surface area contributed by atoms with Gasteiger partial charge in [-0.1, -0.05) is 39.7 Å². The van der Waals surface area contributed by atoms with Gasteiger partial charge >= 0.3 is 6.03 Å². The summed E-state index contributed by atoms with van der Waals surface area (Å²) in [5, 5.41) is 0. The van der Waals surface area contributed by atoms with Gasteiger partial charge in [-0.3, -0.25) is 9.80 Å². The Hall–Kier alpha value is -1.86. The molecule has 0 bridgehead atoms. The molecule has 2 aromatic carbocycles. The van der Waals surface area contributed by atoms with Gasteiger partial charge in [0.15, 0.2) is 9.84 Å². The Kier molecular flexibility index (Phi) is 3.88. The van der Waals surface area contributed by atoms with E-state index in [1.54, 1.807) is 9.80 Å². The van der Waals surface area contributed by atoms with Crippen LogP contribution in [0.5, 0.6) is 0 Å². The lowest BCUT2D eigenvalue weighted by Crippen LogP contribution is -2.37. The Morgan fingerprint density at radius 3 is 2.16 bits per heavy atom. The lowest BCUT2D eigenvalue weighted by Gasteiger charge is -2.23. The minimum atomic E-state index is -3.18. The van der Waals surface area contributed by atoms with Crippen LogP contribution in [0.25, 0.3) is 0 Å². The number of aryl methyl sites for hydroxylation is 1. The van der Waals surface area contributed by atoms with Crippen molar-refractivity contribution in [3.05, 3.63) is 58.6 Å². The van der Waals surface area contributed by atoms with E-state index >= 15 is 0 Å². The fourth-order valence-corrected chi connectivity index (χ4v) is 5.95. The van der Waals surface area contributed by atoms with E-state index in [2.05, 4.69) is 15.9 Å². The molecule has 2 heterocycles. The standard InChI is InChI=1S/C18H17BrN2O3S/c1-12-5-7-14(8-6-12)20-16-10-25(23,24)11-17(16)21(18(20)22)15-4-2-3-13(19)9-15/h2-9,16-17H,10-11H2,1H3/t16-,17+/m1/s1. The van der Waals surface area contributed by atoms with Crippen molar-refractivity contribution in [2.24, 2.45) is 0 Å². The maximum absolute atomic E-state index is 13.2. The van der Waals surface area contributed by atoms with E-state index < -0.39 is 9.84 Å². The van der Waals surface area contributed by atoms with Crippen LogP contribution in [0.1, 0.15) is 5.56 Å². The number of anilines is 2. The number of urea groups is 1. The lowest BCUT2D eigenvalue weighted by molar-refractivity contribution is 0.255. The lowest BCUT2D eigenvalue weighted by atomic mass is 10.1. The van der Waals surface area contributed by atoms with Crippen LogP contribution in [0.2, 0.25) is 0 Å². The molecule has 0 unspecified atom stereocenters. The van der Waals surface area contributed by atoms with Crippen LogP contribution in [0, 0.1) is 6.92 Å². The minimum absolute atomic E-state index is 0.00171. The summed E-state index contributed by atoms with van der Waals surface area (Å²) in [4.78, 5) is 16.4. The molecular formula is C18H17BrN2O3S. The first-order valence-corrected chi connectivity index (χ1v) is 10.6. The van der Waals surface area contributed by atoms with E-state index in [4.69, 9.17) is 0 Å². The molecule has 0 saturated carbocycles. The van der Waals surface area contributed by atoms with E-state index in [1.165, 1.54) is 0 Å². The second kappa shape index (κ2) is 5.85. The van der Waals surface area contributed by atoms with Gasteiger partial charge in [0, 0.05) is 15.8 Å². The van der Waals surface area contributed by atoms with Crippen LogP contribution in [0.3, 0.4) is 0 Å². The van der Waals surface area contributed by atoms with Gasteiger partial charge in [-0.25, -0.2) is 13.2 Å². The number of carbonyl (C=O) groups excluding carboxylic acids is 1. The molecule has 0 aliphatic carbocycles. The van der Waals surface area contributed by atoms with Crippen LogP contribution < -0.4 is 9.80 Å². The summed E-state index contributed by atoms with van der Waals surface area (Å²) in [7, 11) is -3.18. The zero-order chi connectivity index (χ0) is 17.8. The number of sulfone groups is 1. The van der Waals surface area contributed by atoms with Crippen molar-refractivity contribution in [1.29, 1.82) is 0 Å². The minimum Gasteiger partial charge on any atom is -0.288 e. The maximum atomic E-state index is 13.2. The predicted molar refractivity (Wildman–Crippen MR) is 102 cm³/mol. The van der Waals surface area contributed by atoms with Crippen LogP contribution in [-0.2, 0) is 9.84 Å². The van der Waals surface area contributed by atoms with Gasteiger partial charge < -0.3 is 0 Å². The number of hydrogen-bond donors (Lipinski definition) is 0. The van der Waals surface area contributed by atoms with Crippen LogP contribution in [0.15, 0.2) is 53.0 Å². The molecule has 0 radical (unpaired) electrons. The third-order valence-corrected chi connectivity index (χ3v) is 6.96. The molecule has 7 heteroatoms. The van der Waals surface area contributed by atoms with E-state index in [0.29, 0.717) is 5.69 Å². The fraction of sp³-hybridized carbons (Fsp3) is 0.278. The fourth-order valence-electron chi connectivity index (χ4n) is 3.64. The molecule has 0 spiro atoms. The van der Waals surface area contributed by atoms with Crippen molar-refractivity contribution in [2.45, 2.75) is 19.0 Å². The predicted octanol–water partition coefficient (Wildman–Crippen LogP) is 3.37. The van der Waals surface area contributed by atoms with Crippen LogP contribution in [0.4, 0.5) is 16.2 Å². The number of hydrogen-bond acceptors (Lipinski definition) is 3. The zero-order valence-corrected chi connectivity index (χ0v) is 16.0. The van der Waals surface area contributed by atoms with Crippen molar-refractivity contribution in [1.82, 2.24) is 0 Å². The van der Waals surface area contributed by atoms with Gasteiger partial charge in [0.1, 0.15) is 0 Å². The number of fused-ring (bicyclic) bond motifs is 1. The first-order valence-electron chi connectivity index (χ1n) is 8.01. The quantitative estimate of drug-likeness (QED) is 0.699. The number of halogens is 1. The molecule has 5 nitrogen and oxygen atoms in total. The topological polar surface area (TPSA) is 57.7 Å². The Balaban J connectivity index is 1.81. The van der Waals surface area contributed by atoms with E-state index in [-0.39, 0.29) is 29.6 Å². The van der Waals surface area contributed by atoms with Crippen molar-refractivity contribution in [3.63, 3.8) is 0 Å². The molecule has 0 aromatic heterocycles. The largest absolute Gasteiger partial charge is 0.329 e. The Labute approximate surface area is 155 Å². The second-order valence-electron chi connectivity index (χ2n) is 6.55. The molecule has 4 rings (SSSR count). The summed E-state index contributed by atoms with van der Waals surface area (Å²) in [5.41, 5.74) is 2.54. The van der Waals surface area contributed by atoms with E-state index in [0.717, 1.165) is 15.7 Å². The summed E-state index contributed by atoms with van der Waals surface area (Å²) in [6, 6.07) is 14.1. The summed E-state index contributed by atoms with van der Waals surface area (Å²) in [5.74, 6) is 0.0000671. The first kappa shape index (κ1) is 16.6. The molecule has 2 atom stereocenters. The third-order valence-electron chi connectivity index (χ3n) is 4.77. The molecule has 2 aromatic rings. The average molecular weight is 421 g/mol. The number of rotatable bonds is 2.